The van der Waals surface area contributed by atoms with Crippen LogP contribution >= 0.6 is 61.1 Å². The number of halogens is 4. The van der Waals surface area contributed by atoms with Crippen LogP contribution in [-0.4, -0.2) is 28.4 Å². The van der Waals surface area contributed by atoms with Crippen LogP contribution in [0.1, 0.15) is 37.6 Å². The van der Waals surface area contributed by atoms with Crippen LogP contribution in [0.4, 0.5) is 10.1 Å². The molecule has 0 unspecified atom stereocenters. The van der Waals surface area contributed by atoms with Crippen LogP contribution in [0, 0.1) is 13.0 Å². The second-order valence-corrected chi connectivity index (χ2v) is 11.7. The van der Waals surface area contributed by atoms with E-state index in [1.165, 1.54) is 22.9 Å². The van der Waals surface area contributed by atoms with Crippen molar-refractivity contribution in [3.05, 3.63) is 93.8 Å². The average molecular weight is 803 g/mol. The van der Waals surface area contributed by atoms with Gasteiger partial charge in [-0.05, 0) is 106 Å². The molecule has 38 heavy (non-hydrogen) atoms. The molecule has 4 aromatic rings. The number of ether oxygens (including phenoxy) is 1. The Kier molecular flexibility index (Phi) is 9.52. The Bertz CT molecular complexity index is 1590. The number of nitrogens with zero attached hydrogens (tertiary/aromatic N) is 3. The molecule has 3 aromatic carbocycles. The van der Waals surface area contributed by atoms with Crippen molar-refractivity contribution in [2.45, 2.75) is 26.2 Å². The quantitative estimate of drug-likeness (QED) is 0.155. The number of benzene rings is 3. The standard InChI is InChI=1S/C27H22BrFI2N4O3/c1-3-15(2)26-34-23-8-7-17(28)11-20(23)27(37)35(26)32-13-16-9-21(30)25(22(31)10-16)38-14-24(36)33-19-6-4-5-18(29)12-19/h4-13,15H,3,14H2,1-2H3,(H,33,36)/t15-/m0/s1. The Morgan fingerprint density at radius 2 is 1.95 bits per heavy atom. The lowest BCUT2D eigenvalue weighted by Crippen LogP contribution is -2.23. The van der Waals surface area contributed by atoms with Gasteiger partial charge in [-0.25, -0.2) is 9.37 Å². The molecule has 4 rings (SSSR count). The number of carbonyl (C=O) groups is 1. The predicted octanol–water partition coefficient (Wildman–Crippen LogP) is 6.92. The molecule has 0 aliphatic heterocycles. The number of amides is 1. The van der Waals surface area contributed by atoms with E-state index in [1.54, 1.807) is 18.3 Å². The Labute approximate surface area is 254 Å². The molecule has 0 radical (unpaired) electrons. The third kappa shape index (κ3) is 6.78. The summed E-state index contributed by atoms with van der Waals surface area (Å²) in [6, 6.07) is 14.8. The van der Waals surface area contributed by atoms with E-state index in [-0.39, 0.29) is 18.1 Å². The molecular formula is C27H22BrFI2N4O3. The number of aromatic nitrogens is 2. The summed E-state index contributed by atoms with van der Waals surface area (Å²) in [5, 5.41) is 7.61. The molecule has 7 nitrogen and oxygen atoms in total. The van der Waals surface area contributed by atoms with E-state index in [0.29, 0.717) is 28.2 Å². The van der Waals surface area contributed by atoms with Crippen LogP contribution in [0.2, 0.25) is 0 Å². The van der Waals surface area contributed by atoms with Crippen molar-refractivity contribution in [1.82, 2.24) is 9.66 Å². The van der Waals surface area contributed by atoms with E-state index in [9.17, 15) is 14.0 Å². The first-order valence-electron chi connectivity index (χ1n) is 11.6. The van der Waals surface area contributed by atoms with Gasteiger partial charge in [0.05, 0.1) is 24.3 Å². The van der Waals surface area contributed by atoms with Crippen LogP contribution in [0.5, 0.6) is 5.75 Å². The minimum atomic E-state index is -0.434. The summed E-state index contributed by atoms with van der Waals surface area (Å²) in [7, 11) is 0. The third-order valence-electron chi connectivity index (χ3n) is 5.69. The van der Waals surface area contributed by atoms with Crippen LogP contribution in [-0.2, 0) is 4.79 Å². The summed E-state index contributed by atoms with van der Waals surface area (Å²) >= 11 is 7.68. The summed E-state index contributed by atoms with van der Waals surface area (Å²) < 4.78 is 22.8. The second kappa shape index (κ2) is 12.6. The summed E-state index contributed by atoms with van der Waals surface area (Å²) in [6.07, 6.45) is 2.42. The predicted molar refractivity (Wildman–Crippen MR) is 168 cm³/mol. The summed E-state index contributed by atoms with van der Waals surface area (Å²) in [6.45, 7) is 3.82. The molecule has 0 aliphatic carbocycles. The van der Waals surface area contributed by atoms with Crippen molar-refractivity contribution in [3.63, 3.8) is 0 Å². The van der Waals surface area contributed by atoms with Gasteiger partial charge < -0.3 is 10.1 Å². The van der Waals surface area contributed by atoms with Gasteiger partial charge in [-0.2, -0.15) is 9.78 Å². The lowest BCUT2D eigenvalue weighted by atomic mass is 10.1. The fourth-order valence-corrected chi connectivity index (χ4v) is 6.09. The van der Waals surface area contributed by atoms with Crippen LogP contribution in [0.3, 0.4) is 0 Å². The molecule has 1 atom stereocenters. The first-order chi connectivity index (χ1) is 18.2. The smallest absolute Gasteiger partial charge is 0.282 e. The molecule has 11 heteroatoms. The molecule has 196 valence electrons. The van der Waals surface area contributed by atoms with E-state index >= 15 is 0 Å². The van der Waals surface area contributed by atoms with Crippen molar-refractivity contribution in [2.24, 2.45) is 5.10 Å². The molecule has 0 fully saturated rings. The number of nitrogens with one attached hydrogen (secondary N) is 1. The molecule has 0 spiro atoms. The van der Waals surface area contributed by atoms with Gasteiger partial charge in [0.2, 0.25) is 0 Å². The van der Waals surface area contributed by atoms with Crippen molar-refractivity contribution >= 4 is 89.8 Å². The molecule has 1 amide bonds. The molecule has 0 saturated carbocycles. The monoisotopic (exact) mass is 802 g/mol. The van der Waals surface area contributed by atoms with Crippen molar-refractivity contribution < 1.29 is 13.9 Å². The molecule has 0 bridgehead atoms. The van der Waals surface area contributed by atoms with Gasteiger partial charge in [0.15, 0.2) is 6.61 Å². The highest BCUT2D eigenvalue weighted by Crippen LogP contribution is 2.29. The molecule has 1 aromatic heterocycles. The highest BCUT2D eigenvalue weighted by atomic mass is 127. The number of hydrogen-bond donors (Lipinski definition) is 1. The second-order valence-electron chi connectivity index (χ2n) is 8.46. The van der Waals surface area contributed by atoms with E-state index in [4.69, 9.17) is 9.72 Å². The van der Waals surface area contributed by atoms with E-state index in [0.717, 1.165) is 23.6 Å². The van der Waals surface area contributed by atoms with E-state index < -0.39 is 11.7 Å². The van der Waals surface area contributed by atoms with Crippen molar-refractivity contribution in [1.29, 1.82) is 0 Å². The van der Waals surface area contributed by atoms with E-state index in [2.05, 4.69) is 71.5 Å². The maximum Gasteiger partial charge on any atom is 0.282 e. The van der Waals surface area contributed by atoms with Crippen LogP contribution in [0.15, 0.2) is 69.0 Å². The molecule has 1 N–H and O–H groups in total. The minimum Gasteiger partial charge on any atom is -0.482 e. The largest absolute Gasteiger partial charge is 0.482 e. The molecule has 0 saturated heterocycles. The van der Waals surface area contributed by atoms with Gasteiger partial charge in [-0.15, -0.1) is 0 Å². The van der Waals surface area contributed by atoms with Gasteiger partial charge in [0.1, 0.15) is 17.4 Å². The number of carbonyl (C=O) groups excluding carboxylic acids is 1. The van der Waals surface area contributed by atoms with Gasteiger partial charge >= 0.3 is 0 Å². The number of fused-ring (bicyclic) bond motifs is 1. The molecule has 1 heterocycles. The number of rotatable bonds is 8. The number of anilines is 1. The van der Waals surface area contributed by atoms with Gasteiger partial charge in [0.25, 0.3) is 11.5 Å². The zero-order valence-corrected chi connectivity index (χ0v) is 26.2. The Morgan fingerprint density at radius 1 is 1.21 bits per heavy atom. The highest BCUT2D eigenvalue weighted by Gasteiger charge is 2.16. The van der Waals surface area contributed by atoms with Crippen LogP contribution < -0.4 is 15.6 Å². The third-order valence-corrected chi connectivity index (χ3v) is 7.78. The zero-order valence-electron chi connectivity index (χ0n) is 20.3. The first kappa shape index (κ1) is 28.6. The number of hydrogen-bond acceptors (Lipinski definition) is 5. The lowest BCUT2D eigenvalue weighted by Gasteiger charge is -2.14. The van der Waals surface area contributed by atoms with Crippen molar-refractivity contribution in [2.75, 3.05) is 11.9 Å². The van der Waals surface area contributed by atoms with Gasteiger partial charge in [0, 0.05) is 16.1 Å². The average Bonchev–Trinajstić information content (AvgIpc) is 2.87. The van der Waals surface area contributed by atoms with Gasteiger partial charge in [-0.3, -0.25) is 9.59 Å². The summed E-state index contributed by atoms with van der Waals surface area (Å²) in [4.78, 5) is 30.3. The SMILES string of the molecule is CC[C@H](C)c1nc2ccc(Br)cc2c(=O)n1N=Cc1cc(I)c(OCC(=O)Nc2cccc(F)c2)c(I)c1. The van der Waals surface area contributed by atoms with Gasteiger partial charge in [-0.1, -0.05) is 35.8 Å². The molecular weight excluding hydrogens is 781 g/mol. The Morgan fingerprint density at radius 3 is 2.63 bits per heavy atom. The highest BCUT2D eigenvalue weighted by molar-refractivity contribution is 14.1. The lowest BCUT2D eigenvalue weighted by molar-refractivity contribution is -0.118. The topological polar surface area (TPSA) is 85.6 Å². The Balaban J connectivity index is 1.57. The first-order valence-corrected chi connectivity index (χ1v) is 14.5. The normalized spacial score (nSPS) is 12.2. The van der Waals surface area contributed by atoms with Crippen LogP contribution in [0.25, 0.3) is 10.9 Å². The van der Waals surface area contributed by atoms with E-state index in [1.807, 2.05) is 38.1 Å². The maximum absolute atomic E-state index is 13.4. The Hall–Kier alpha value is -2.39. The summed E-state index contributed by atoms with van der Waals surface area (Å²) in [5.41, 5.74) is 1.51. The maximum atomic E-state index is 13.4. The fraction of sp³-hybridized carbons (Fsp3) is 0.185. The summed E-state index contributed by atoms with van der Waals surface area (Å²) in [5.74, 6) is 0.336. The molecule has 0 aliphatic rings. The fourth-order valence-electron chi connectivity index (χ4n) is 3.60. The zero-order chi connectivity index (χ0) is 27.4. The minimum absolute atomic E-state index is 0.0301. The van der Waals surface area contributed by atoms with Crippen molar-refractivity contribution in [3.8, 4) is 5.75 Å².